The summed E-state index contributed by atoms with van der Waals surface area (Å²) in [5, 5.41) is 0. The Morgan fingerprint density at radius 3 is 2.41 bits per heavy atom. The van der Waals surface area contributed by atoms with E-state index in [1.165, 1.54) is 13.0 Å². The molecule has 0 aliphatic carbocycles. The highest BCUT2D eigenvalue weighted by molar-refractivity contribution is 7.91. The quantitative estimate of drug-likeness (QED) is 0.583. The van der Waals surface area contributed by atoms with Crippen molar-refractivity contribution in [2.75, 3.05) is 19.8 Å². The third-order valence-corrected chi connectivity index (χ3v) is 8.09. The van der Waals surface area contributed by atoms with Crippen molar-refractivity contribution in [3.05, 3.63) is 58.7 Å². The van der Waals surface area contributed by atoms with Crippen molar-refractivity contribution >= 4 is 26.9 Å². The lowest BCUT2D eigenvalue weighted by Gasteiger charge is -2.31. The summed E-state index contributed by atoms with van der Waals surface area (Å²) in [5.41, 5.74) is 0.574. The number of rotatable bonds is 6. The van der Waals surface area contributed by atoms with Gasteiger partial charge in [0, 0.05) is 11.4 Å². The highest BCUT2D eigenvalue weighted by atomic mass is 32.2. The van der Waals surface area contributed by atoms with Crippen LogP contribution in [0.1, 0.15) is 29.8 Å². The number of thiophene rings is 1. The lowest BCUT2D eigenvalue weighted by molar-refractivity contribution is -0.173. The summed E-state index contributed by atoms with van der Waals surface area (Å²) in [6, 6.07) is 4.20. The van der Waals surface area contributed by atoms with Crippen molar-refractivity contribution in [2.45, 2.75) is 29.8 Å². The molecule has 0 radical (unpaired) electrons. The molecule has 1 unspecified atom stereocenters. The maximum Gasteiger partial charge on any atom is 0.409 e. The Morgan fingerprint density at radius 1 is 1.17 bits per heavy atom. The van der Waals surface area contributed by atoms with E-state index in [0.717, 1.165) is 41.2 Å². The molecule has 2 heterocycles. The van der Waals surface area contributed by atoms with Crippen LogP contribution in [0.4, 0.5) is 17.6 Å². The van der Waals surface area contributed by atoms with Gasteiger partial charge in [0.05, 0.1) is 13.2 Å². The Kier molecular flexibility index (Phi) is 6.47. The van der Waals surface area contributed by atoms with E-state index in [9.17, 15) is 26.0 Å². The van der Waals surface area contributed by atoms with Crippen LogP contribution in [0.3, 0.4) is 0 Å². The first-order chi connectivity index (χ1) is 13.6. The summed E-state index contributed by atoms with van der Waals surface area (Å²) in [7, 11) is -4.43. The smallest absolute Gasteiger partial charge is 0.377 e. The monoisotopic (exact) mass is 449 g/mol. The van der Waals surface area contributed by atoms with Gasteiger partial charge < -0.3 is 4.74 Å². The van der Waals surface area contributed by atoms with Crippen LogP contribution in [0.5, 0.6) is 0 Å². The van der Waals surface area contributed by atoms with E-state index in [2.05, 4.69) is 0 Å². The van der Waals surface area contributed by atoms with Gasteiger partial charge in [0.2, 0.25) is 0 Å². The van der Waals surface area contributed by atoms with Gasteiger partial charge in [-0.3, -0.25) is 0 Å². The lowest BCUT2D eigenvalue weighted by Crippen LogP contribution is -2.42. The molecule has 0 spiro atoms. The fraction of sp³-hybridized carbons (Fsp3) is 0.368. The minimum atomic E-state index is -4.87. The Balaban J connectivity index is 2.00. The van der Waals surface area contributed by atoms with Crippen molar-refractivity contribution in [1.29, 1.82) is 0 Å². The largest absolute Gasteiger partial charge is 0.409 e. The number of halogens is 4. The van der Waals surface area contributed by atoms with E-state index in [4.69, 9.17) is 4.74 Å². The molecule has 0 saturated carbocycles. The molecule has 0 N–H and O–H groups in total. The summed E-state index contributed by atoms with van der Waals surface area (Å²) in [4.78, 5) is 0.688. The van der Waals surface area contributed by atoms with Crippen LogP contribution in [0.2, 0.25) is 0 Å². The topological polar surface area (TPSA) is 46.6 Å². The maximum atomic E-state index is 13.9. The number of ether oxygens (including phenoxy) is 1. The molecule has 0 bridgehead atoms. The maximum absolute atomic E-state index is 13.9. The van der Waals surface area contributed by atoms with Crippen LogP contribution in [0.25, 0.3) is 5.57 Å². The molecule has 1 aromatic heterocycles. The zero-order valence-electron chi connectivity index (χ0n) is 15.4. The standard InChI is InChI=1S/C19H19F4NO3S2/c1-2-24(18(19(21,22)23)14-3-5-15(20)6-4-14)29(25,26)17-8-7-16(28-17)13-9-11-27-12-10-13/h3-9,18H,2,10-12H2,1H3. The van der Waals surface area contributed by atoms with Gasteiger partial charge in [0.15, 0.2) is 0 Å². The van der Waals surface area contributed by atoms with E-state index in [-0.39, 0.29) is 9.77 Å². The molecular formula is C19H19F4NO3S2. The molecule has 10 heteroatoms. The second-order valence-corrected chi connectivity index (χ2v) is 9.58. The third kappa shape index (κ3) is 4.71. The first kappa shape index (κ1) is 21.9. The molecule has 1 atom stereocenters. The summed E-state index contributed by atoms with van der Waals surface area (Å²) < 4.78 is 86.5. The van der Waals surface area contributed by atoms with Crippen molar-refractivity contribution in [3.8, 4) is 0 Å². The van der Waals surface area contributed by atoms with Gasteiger partial charge in [-0.25, -0.2) is 12.8 Å². The average Bonchev–Trinajstić information content (AvgIpc) is 3.18. The molecule has 0 saturated heterocycles. The molecule has 1 aliphatic rings. The second-order valence-electron chi connectivity index (χ2n) is 6.38. The second kappa shape index (κ2) is 8.55. The number of alkyl halides is 3. The van der Waals surface area contributed by atoms with Gasteiger partial charge in [-0.15, -0.1) is 11.3 Å². The first-order valence-electron chi connectivity index (χ1n) is 8.85. The third-order valence-electron chi connectivity index (χ3n) is 4.52. The first-order valence-corrected chi connectivity index (χ1v) is 11.1. The number of hydrogen-bond acceptors (Lipinski definition) is 4. The number of sulfonamides is 1. The van der Waals surface area contributed by atoms with Crippen LogP contribution in [0, 0.1) is 5.82 Å². The van der Waals surface area contributed by atoms with Gasteiger partial charge in [-0.05, 0) is 41.8 Å². The average molecular weight is 449 g/mol. The highest BCUT2D eigenvalue weighted by Crippen LogP contribution is 2.42. The lowest BCUT2D eigenvalue weighted by atomic mass is 10.1. The molecule has 1 aromatic carbocycles. The van der Waals surface area contributed by atoms with Crippen molar-refractivity contribution in [2.24, 2.45) is 0 Å². The molecule has 29 heavy (non-hydrogen) atoms. The van der Waals surface area contributed by atoms with Crippen LogP contribution in [-0.2, 0) is 14.8 Å². The van der Waals surface area contributed by atoms with Gasteiger partial charge in [-0.2, -0.15) is 17.5 Å². The van der Waals surface area contributed by atoms with Crippen molar-refractivity contribution in [3.63, 3.8) is 0 Å². The summed E-state index contributed by atoms with van der Waals surface area (Å²) in [5.74, 6) is -0.701. The zero-order chi connectivity index (χ0) is 21.2. The molecule has 2 aromatic rings. The van der Waals surface area contributed by atoms with Crippen molar-refractivity contribution in [1.82, 2.24) is 4.31 Å². The predicted octanol–water partition coefficient (Wildman–Crippen LogP) is 5.01. The molecule has 4 nitrogen and oxygen atoms in total. The summed E-state index contributed by atoms with van der Waals surface area (Å²) in [6.07, 6.45) is -2.43. The van der Waals surface area contributed by atoms with E-state index in [1.807, 2.05) is 6.08 Å². The minimum absolute atomic E-state index is 0.168. The highest BCUT2D eigenvalue weighted by Gasteiger charge is 2.49. The predicted molar refractivity (Wildman–Crippen MR) is 102 cm³/mol. The Morgan fingerprint density at radius 2 is 1.86 bits per heavy atom. The summed E-state index contributed by atoms with van der Waals surface area (Å²) in [6.45, 7) is 1.87. The van der Waals surface area contributed by atoms with E-state index in [1.54, 1.807) is 6.07 Å². The minimum Gasteiger partial charge on any atom is -0.377 e. The van der Waals surface area contributed by atoms with E-state index < -0.39 is 34.6 Å². The molecular weight excluding hydrogens is 430 g/mol. The Hall–Kier alpha value is -1.75. The van der Waals surface area contributed by atoms with Crippen LogP contribution in [-0.4, -0.2) is 38.7 Å². The number of benzene rings is 1. The SMILES string of the molecule is CCN(C(c1ccc(F)cc1)C(F)(F)F)S(=O)(=O)c1ccc(C2=CCOCC2)s1. The number of hydrogen-bond donors (Lipinski definition) is 0. The fourth-order valence-corrected chi connectivity index (χ4v) is 6.27. The van der Waals surface area contributed by atoms with Crippen LogP contribution in [0.15, 0.2) is 46.7 Å². The molecule has 0 fully saturated rings. The Labute approximate surface area is 170 Å². The van der Waals surface area contributed by atoms with E-state index >= 15 is 0 Å². The molecule has 0 amide bonds. The number of nitrogens with zero attached hydrogens (tertiary/aromatic N) is 1. The molecule has 1 aliphatic heterocycles. The normalized spacial score (nSPS) is 16.7. The molecule has 3 rings (SSSR count). The van der Waals surface area contributed by atoms with Crippen molar-refractivity contribution < 1.29 is 30.7 Å². The van der Waals surface area contributed by atoms with Crippen LogP contribution < -0.4 is 0 Å². The van der Waals surface area contributed by atoms with E-state index in [0.29, 0.717) is 28.8 Å². The zero-order valence-corrected chi connectivity index (χ0v) is 17.1. The Bertz CT molecular complexity index is 982. The van der Waals surface area contributed by atoms with Crippen LogP contribution >= 0.6 is 11.3 Å². The molecule has 158 valence electrons. The van der Waals surface area contributed by atoms with Gasteiger partial charge >= 0.3 is 6.18 Å². The fourth-order valence-electron chi connectivity index (χ4n) is 3.15. The summed E-state index contributed by atoms with van der Waals surface area (Å²) >= 11 is 0.935. The van der Waals surface area contributed by atoms with Gasteiger partial charge in [0.1, 0.15) is 16.1 Å². The van der Waals surface area contributed by atoms with Gasteiger partial charge in [0.25, 0.3) is 10.0 Å². The van der Waals surface area contributed by atoms with Gasteiger partial charge in [-0.1, -0.05) is 25.1 Å².